The highest BCUT2D eigenvalue weighted by molar-refractivity contribution is 5.04. The third-order valence-electron chi connectivity index (χ3n) is 3.35. The van der Waals surface area contributed by atoms with Crippen LogP contribution in [0.2, 0.25) is 0 Å². The molecule has 0 aliphatic carbocycles. The van der Waals surface area contributed by atoms with Gasteiger partial charge in [0.15, 0.2) is 0 Å². The molecular formula is C13H24N4. The second kappa shape index (κ2) is 5.19. The van der Waals surface area contributed by atoms with Crippen LogP contribution in [0.25, 0.3) is 0 Å². The van der Waals surface area contributed by atoms with E-state index in [2.05, 4.69) is 35.4 Å². The molecule has 96 valence electrons. The maximum Gasteiger partial charge on any atom is 0.0522 e. The van der Waals surface area contributed by atoms with Crippen LogP contribution in [-0.4, -0.2) is 46.4 Å². The molecule has 2 rings (SSSR count). The van der Waals surface area contributed by atoms with Crippen molar-refractivity contribution in [2.24, 2.45) is 7.05 Å². The molecule has 1 aromatic rings. The van der Waals surface area contributed by atoms with Gasteiger partial charge in [0.1, 0.15) is 0 Å². The lowest BCUT2D eigenvalue weighted by Gasteiger charge is -2.29. The van der Waals surface area contributed by atoms with E-state index in [-0.39, 0.29) is 5.54 Å². The molecule has 1 fully saturated rings. The van der Waals surface area contributed by atoms with Crippen molar-refractivity contribution in [3.63, 3.8) is 0 Å². The molecule has 4 heteroatoms. The summed E-state index contributed by atoms with van der Waals surface area (Å²) >= 11 is 0. The molecule has 2 heterocycles. The van der Waals surface area contributed by atoms with Crippen molar-refractivity contribution in [2.75, 3.05) is 26.2 Å². The second-order valence-corrected chi connectivity index (χ2v) is 5.71. The second-order valence-electron chi connectivity index (χ2n) is 5.71. The third-order valence-corrected chi connectivity index (χ3v) is 3.35. The number of nitrogens with one attached hydrogen (secondary N) is 1. The van der Waals surface area contributed by atoms with Gasteiger partial charge in [-0.05, 0) is 45.3 Å². The Morgan fingerprint density at radius 3 is 3.00 bits per heavy atom. The van der Waals surface area contributed by atoms with Crippen LogP contribution in [0.4, 0.5) is 0 Å². The molecule has 17 heavy (non-hydrogen) atoms. The van der Waals surface area contributed by atoms with E-state index < -0.39 is 0 Å². The minimum Gasteiger partial charge on any atom is -0.310 e. The first-order valence-electron chi connectivity index (χ1n) is 6.50. The van der Waals surface area contributed by atoms with E-state index >= 15 is 0 Å². The van der Waals surface area contributed by atoms with Crippen LogP contribution in [0.1, 0.15) is 25.8 Å². The zero-order chi connectivity index (χ0) is 12.3. The van der Waals surface area contributed by atoms with Gasteiger partial charge in [-0.2, -0.15) is 5.10 Å². The smallest absolute Gasteiger partial charge is 0.0522 e. The summed E-state index contributed by atoms with van der Waals surface area (Å²) in [5.74, 6) is 0. The zero-order valence-corrected chi connectivity index (χ0v) is 11.2. The largest absolute Gasteiger partial charge is 0.310 e. The lowest BCUT2D eigenvalue weighted by Crippen LogP contribution is -2.46. The van der Waals surface area contributed by atoms with E-state index in [1.165, 1.54) is 18.5 Å². The Bertz CT molecular complexity index is 356. The predicted octanol–water partition coefficient (Wildman–Crippen LogP) is 1.04. The summed E-state index contributed by atoms with van der Waals surface area (Å²) in [6.07, 6.45) is 6.43. The van der Waals surface area contributed by atoms with Gasteiger partial charge in [-0.25, -0.2) is 0 Å². The summed E-state index contributed by atoms with van der Waals surface area (Å²) in [6.45, 7) is 9.18. The monoisotopic (exact) mass is 236 g/mol. The maximum absolute atomic E-state index is 4.21. The molecule has 0 spiro atoms. The molecule has 1 N–H and O–H groups in total. The van der Waals surface area contributed by atoms with Crippen LogP contribution in [0, 0.1) is 0 Å². The van der Waals surface area contributed by atoms with Crippen molar-refractivity contribution in [1.82, 2.24) is 20.0 Å². The average molecular weight is 236 g/mol. The molecule has 4 nitrogen and oxygen atoms in total. The minimum atomic E-state index is 0.242. The fourth-order valence-electron chi connectivity index (χ4n) is 2.50. The molecule has 0 atom stereocenters. The maximum atomic E-state index is 4.21. The van der Waals surface area contributed by atoms with E-state index in [1.807, 2.05) is 17.9 Å². The number of aromatic nitrogens is 2. The predicted molar refractivity (Wildman–Crippen MR) is 70.1 cm³/mol. The van der Waals surface area contributed by atoms with Gasteiger partial charge in [0.25, 0.3) is 0 Å². The van der Waals surface area contributed by atoms with Crippen LogP contribution in [0.3, 0.4) is 0 Å². The highest BCUT2D eigenvalue weighted by atomic mass is 15.2. The van der Waals surface area contributed by atoms with E-state index in [9.17, 15) is 0 Å². The van der Waals surface area contributed by atoms with Gasteiger partial charge in [0, 0.05) is 31.9 Å². The van der Waals surface area contributed by atoms with Gasteiger partial charge in [-0.15, -0.1) is 0 Å². The molecule has 0 radical (unpaired) electrons. The normalized spacial score (nSPS) is 21.4. The number of rotatable bonds is 3. The number of nitrogens with zero attached hydrogens (tertiary/aromatic N) is 3. The molecule has 1 aliphatic heterocycles. The van der Waals surface area contributed by atoms with E-state index in [1.54, 1.807) is 0 Å². The van der Waals surface area contributed by atoms with Gasteiger partial charge in [0.05, 0.1) is 6.20 Å². The SMILES string of the molecule is Cn1cc(CCN2CCCNC(C)(C)C2)cn1. The summed E-state index contributed by atoms with van der Waals surface area (Å²) < 4.78 is 1.88. The van der Waals surface area contributed by atoms with Crippen LogP contribution < -0.4 is 5.32 Å². The summed E-state index contributed by atoms with van der Waals surface area (Å²) in [7, 11) is 1.97. The van der Waals surface area contributed by atoms with Gasteiger partial charge >= 0.3 is 0 Å². The molecule has 0 bridgehead atoms. The van der Waals surface area contributed by atoms with E-state index in [0.29, 0.717) is 0 Å². The highest BCUT2D eigenvalue weighted by Crippen LogP contribution is 2.11. The fraction of sp³-hybridized carbons (Fsp3) is 0.769. The van der Waals surface area contributed by atoms with Crippen LogP contribution >= 0.6 is 0 Å². The first-order chi connectivity index (χ1) is 8.05. The molecule has 0 amide bonds. The van der Waals surface area contributed by atoms with Crippen molar-refractivity contribution >= 4 is 0 Å². The first-order valence-corrected chi connectivity index (χ1v) is 6.50. The summed E-state index contributed by atoms with van der Waals surface area (Å²) in [5, 5.41) is 7.81. The lowest BCUT2D eigenvalue weighted by atomic mass is 10.1. The Morgan fingerprint density at radius 1 is 1.47 bits per heavy atom. The van der Waals surface area contributed by atoms with Gasteiger partial charge < -0.3 is 10.2 Å². The van der Waals surface area contributed by atoms with Crippen molar-refractivity contribution in [3.8, 4) is 0 Å². The fourth-order valence-corrected chi connectivity index (χ4v) is 2.50. The van der Waals surface area contributed by atoms with Crippen molar-refractivity contribution in [1.29, 1.82) is 0 Å². The minimum absolute atomic E-state index is 0.242. The number of hydrogen-bond donors (Lipinski definition) is 1. The lowest BCUT2D eigenvalue weighted by molar-refractivity contribution is 0.233. The van der Waals surface area contributed by atoms with Crippen LogP contribution in [-0.2, 0) is 13.5 Å². The Hall–Kier alpha value is -0.870. The Kier molecular flexibility index (Phi) is 3.84. The van der Waals surface area contributed by atoms with Crippen LogP contribution in [0.5, 0.6) is 0 Å². The summed E-state index contributed by atoms with van der Waals surface area (Å²) in [4.78, 5) is 2.56. The van der Waals surface area contributed by atoms with Crippen molar-refractivity contribution < 1.29 is 0 Å². The average Bonchev–Trinajstić information content (AvgIpc) is 2.58. The van der Waals surface area contributed by atoms with Gasteiger partial charge in [0.2, 0.25) is 0 Å². The molecule has 0 saturated carbocycles. The molecule has 1 aliphatic rings. The number of aryl methyl sites for hydroxylation is 1. The highest BCUT2D eigenvalue weighted by Gasteiger charge is 2.23. The topological polar surface area (TPSA) is 33.1 Å². The van der Waals surface area contributed by atoms with E-state index in [4.69, 9.17) is 0 Å². The van der Waals surface area contributed by atoms with Crippen molar-refractivity contribution in [3.05, 3.63) is 18.0 Å². The number of hydrogen-bond acceptors (Lipinski definition) is 3. The first kappa shape index (κ1) is 12.6. The molecule has 1 saturated heterocycles. The standard InChI is InChI=1S/C13H24N4/c1-13(2)11-17(7-4-6-14-13)8-5-12-9-15-16(3)10-12/h9-10,14H,4-8,11H2,1-3H3. The molecule has 0 aromatic carbocycles. The third kappa shape index (κ3) is 3.82. The Labute approximate surface area is 104 Å². The summed E-state index contributed by atoms with van der Waals surface area (Å²) in [5.41, 5.74) is 1.58. The van der Waals surface area contributed by atoms with Gasteiger partial charge in [-0.3, -0.25) is 4.68 Å². The molecule has 0 unspecified atom stereocenters. The molecule has 1 aromatic heterocycles. The van der Waals surface area contributed by atoms with Crippen molar-refractivity contribution in [2.45, 2.75) is 32.2 Å². The zero-order valence-electron chi connectivity index (χ0n) is 11.2. The Balaban J connectivity index is 1.85. The summed E-state index contributed by atoms with van der Waals surface area (Å²) in [6, 6.07) is 0. The van der Waals surface area contributed by atoms with Crippen LogP contribution in [0.15, 0.2) is 12.4 Å². The Morgan fingerprint density at radius 2 is 2.29 bits per heavy atom. The quantitative estimate of drug-likeness (QED) is 0.851. The molecular weight excluding hydrogens is 212 g/mol. The van der Waals surface area contributed by atoms with E-state index in [0.717, 1.165) is 26.1 Å². The van der Waals surface area contributed by atoms with Gasteiger partial charge in [-0.1, -0.05) is 0 Å².